The van der Waals surface area contributed by atoms with Crippen LogP contribution in [0.3, 0.4) is 0 Å². The molecule has 0 saturated heterocycles. The Hall–Kier alpha value is -2.10. The van der Waals surface area contributed by atoms with Crippen molar-refractivity contribution < 1.29 is 9.18 Å². The number of carbonyl (C=O) groups is 1. The molecule has 0 atom stereocenters. The highest BCUT2D eigenvalue weighted by Gasteiger charge is 2.06. The number of carbonyl (C=O) groups excluding carboxylic acids is 1. The van der Waals surface area contributed by atoms with E-state index in [1.807, 2.05) is 0 Å². The Bertz CT molecular complexity index is 505. The second-order valence-electron chi connectivity index (χ2n) is 3.12. The predicted octanol–water partition coefficient (Wildman–Crippen LogP) is 1.72. The number of halogens is 1. The molecule has 0 bridgehead atoms. The first-order valence-electron chi connectivity index (χ1n) is 4.41. The summed E-state index contributed by atoms with van der Waals surface area (Å²) in [6.07, 6.45) is 3.10. The number of nitrogens with zero attached hydrogens (tertiary/aromatic N) is 1. The van der Waals surface area contributed by atoms with E-state index in [0.29, 0.717) is 11.3 Å². The normalized spacial score (nSPS) is 10.2. The van der Waals surface area contributed by atoms with E-state index >= 15 is 0 Å². The van der Waals surface area contributed by atoms with Crippen LogP contribution in [0.4, 0.5) is 4.39 Å². The molecule has 0 spiro atoms. The highest BCUT2D eigenvalue weighted by Crippen LogP contribution is 2.14. The third-order valence-corrected chi connectivity index (χ3v) is 2.11. The van der Waals surface area contributed by atoms with Crippen molar-refractivity contribution in [1.82, 2.24) is 4.57 Å². The largest absolute Gasteiger partial charge is 0.366 e. The van der Waals surface area contributed by atoms with E-state index in [1.54, 1.807) is 30.5 Å². The van der Waals surface area contributed by atoms with Crippen molar-refractivity contribution in [3.63, 3.8) is 0 Å². The molecular formula is C11H9FN2O. The molecule has 15 heavy (non-hydrogen) atoms. The summed E-state index contributed by atoms with van der Waals surface area (Å²) in [4.78, 5) is 10.8. The van der Waals surface area contributed by atoms with Crippen LogP contribution in [0, 0.1) is 5.82 Å². The molecule has 0 aliphatic heterocycles. The molecule has 0 unspecified atom stereocenters. The Morgan fingerprint density at radius 2 is 2.00 bits per heavy atom. The van der Waals surface area contributed by atoms with Crippen molar-refractivity contribution in [3.8, 4) is 5.69 Å². The van der Waals surface area contributed by atoms with Gasteiger partial charge in [0, 0.05) is 12.4 Å². The van der Waals surface area contributed by atoms with Gasteiger partial charge in [-0.1, -0.05) is 12.1 Å². The molecule has 2 aromatic rings. The van der Waals surface area contributed by atoms with Crippen molar-refractivity contribution in [2.24, 2.45) is 5.73 Å². The lowest BCUT2D eigenvalue weighted by atomic mass is 10.3. The van der Waals surface area contributed by atoms with Gasteiger partial charge in [0.05, 0.1) is 11.3 Å². The lowest BCUT2D eigenvalue weighted by molar-refractivity contribution is 0.100. The Balaban J connectivity index is 2.46. The number of benzene rings is 1. The molecule has 1 aromatic heterocycles. The van der Waals surface area contributed by atoms with E-state index in [9.17, 15) is 9.18 Å². The molecule has 4 heteroatoms. The van der Waals surface area contributed by atoms with Crippen LogP contribution >= 0.6 is 0 Å². The second-order valence-corrected chi connectivity index (χ2v) is 3.12. The van der Waals surface area contributed by atoms with E-state index < -0.39 is 5.91 Å². The van der Waals surface area contributed by atoms with Gasteiger partial charge in [0.1, 0.15) is 5.82 Å². The second kappa shape index (κ2) is 3.57. The average molecular weight is 204 g/mol. The van der Waals surface area contributed by atoms with Crippen molar-refractivity contribution in [2.75, 3.05) is 0 Å². The van der Waals surface area contributed by atoms with Crippen LogP contribution in [0.25, 0.3) is 5.69 Å². The van der Waals surface area contributed by atoms with Crippen LogP contribution in [0.15, 0.2) is 42.7 Å². The standard InChI is InChI=1S/C11H9FN2O/c12-9-3-1-2-4-10(9)14-6-5-8(7-14)11(13)15/h1-7H,(H2,13,15). The average Bonchev–Trinajstić information content (AvgIpc) is 2.67. The topological polar surface area (TPSA) is 48.0 Å². The molecule has 1 amide bonds. The zero-order chi connectivity index (χ0) is 10.8. The lowest BCUT2D eigenvalue weighted by Gasteiger charge is -2.02. The first-order chi connectivity index (χ1) is 7.18. The first-order valence-corrected chi connectivity index (χ1v) is 4.41. The van der Waals surface area contributed by atoms with Gasteiger partial charge < -0.3 is 10.3 Å². The minimum atomic E-state index is -0.523. The van der Waals surface area contributed by atoms with E-state index in [4.69, 9.17) is 5.73 Å². The maximum atomic E-state index is 13.3. The Morgan fingerprint density at radius 3 is 2.60 bits per heavy atom. The summed E-state index contributed by atoms with van der Waals surface area (Å²) < 4.78 is 14.9. The SMILES string of the molecule is NC(=O)c1ccn(-c2ccccc2F)c1. The van der Waals surface area contributed by atoms with Crippen molar-refractivity contribution in [2.45, 2.75) is 0 Å². The molecule has 2 rings (SSSR count). The number of rotatable bonds is 2. The minimum absolute atomic E-state index is 0.343. The summed E-state index contributed by atoms with van der Waals surface area (Å²) in [5.74, 6) is -0.866. The van der Waals surface area contributed by atoms with Gasteiger partial charge in [0.2, 0.25) is 5.91 Å². The number of aromatic nitrogens is 1. The lowest BCUT2D eigenvalue weighted by Crippen LogP contribution is -2.09. The highest BCUT2D eigenvalue weighted by atomic mass is 19.1. The summed E-state index contributed by atoms with van der Waals surface area (Å²) in [5, 5.41) is 0. The molecule has 76 valence electrons. The number of nitrogens with two attached hydrogens (primary N) is 1. The van der Waals surface area contributed by atoms with Gasteiger partial charge in [-0.15, -0.1) is 0 Å². The molecule has 0 aliphatic carbocycles. The number of hydrogen-bond acceptors (Lipinski definition) is 1. The number of amides is 1. The van der Waals surface area contributed by atoms with Crippen LogP contribution in [-0.2, 0) is 0 Å². The molecule has 2 N–H and O–H groups in total. The number of primary amides is 1. The van der Waals surface area contributed by atoms with Gasteiger partial charge in [-0.3, -0.25) is 4.79 Å². The molecule has 0 fully saturated rings. The monoisotopic (exact) mass is 204 g/mol. The molecule has 0 aliphatic rings. The van der Waals surface area contributed by atoms with Crippen molar-refractivity contribution >= 4 is 5.91 Å². The van der Waals surface area contributed by atoms with E-state index in [0.717, 1.165) is 0 Å². The van der Waals surface area contributed by atoms with Gasteiger partial charge in [0.15, 0.2) is 0 Å². The minimum Gasteiger partial charge on any atom is -0.366 e. The summed E-state index contributed by atoms with van der Waals surface area (Å²) in [6, 6.07) is 7.87. The molecule has 3 nitrogen and oxygen atoms in total. The maximum absolute atomic E-state index is 13.3. The molecule has 0 radical (unpaired) electrons. The summed E-state index contributed by atoms with van der Waals surface area (Å²) >= 11 is 0. The number of hydrogen-bond donors (Lipinski definition) is 1. The van der Waals surface area contributed by atoms with Gasteiger partial charge in [0.25, 0.3) is 0 Å². The van der Waals surface area contributed by atoms with Gasteiger partial charge in [-0.2, -0.15) is 0 Å². The fourth-order valence-electron chi connectivity index (χ4n) is 1.35. The van der Waals surface area contributed by atoms with E-state index in [2.05, 4.69) is 0 Å². The zero-order valence-electron chi connectivity index (χ0n) is 7.85. The quantitative estimate of drug-likeness (QED) is 0.795. The van der Waals surface area contributed by atoms with E-state index in [1.165, 1.54) is 16.8 Å². The fourth-order valence-corrected chi connectivity index (χ4v) is 1.35. The Labute approximate surface area is 85.9 Å². The van der Waals surface area contributed by atoms with Crippen LogP contribution in [0.1, 0.15) is 10.4 Å². The zero-order valence-corrected chi connectivity index (χ0v) is 7.85. The molecule has 1 heterocycles. The molecule has 0 saturated carbocycles. The van der Waals surface area contributed by atoms with Crippen LogP contribution < -0.4 is 5.73 Å². The highest BCUT2D eigenvalue weighted by molar-refractivity contribution is 5.92. The van der Waals surface area contributed by atoms with Gasteiger partial charge >= 0.3 is 0 Å². The third-order valence-electron chi connectivity index (χ3n) is 2.11. The molecule has 1 aromatic carbocycles. The van der Waals surface area contributed by atoms with Crippen LogP contribution in [-0.4, -0.2) is 10.5 Å². The van der Waals surface area contributed by atoms with Crippen LogP contribution in [0.2, 0.25) is 0 Å². The van der Waals surface area contributed by atoms with E-state index in [-0.39, 0.29) is 5.82 Å². The van der Waals surface area contributed by atoms with Gasteiger partial charge in [-0.05, 0) is 18.2 Å². The third kappa shape index (κ3) is 1.74. The smallest absolute Gasteiger partial charge is 0.250 e. The predicted molar refractivity (Wildman–Crippen MR) is 54.2 cm³/mol. The summed E-state index contributed by atoms with van der Waals surface area (Å²) in [7, 11) is 0. The maximum Gasteiger partial charge on any atom is 0.250 e. The fraction of sp³-hybridized carbons (Fsp3) is 0. The van der Waals surface area contributed by atoms with Crippen molar-refractivity contribution in [1.29, 1.82) is 0 Å². The number of para-hydroxylation sites is 1. The molecular weight excluding hydrogens is 195 g/mol. The van der Waals surface area contributed by atoms with Crippen molar-refractivity contribution in [3.05, 3.63) is 54.1 Å². The van der Waals surface area contributed by atoms with Gasteiger partial charge in [-0.25, -0.2) is 4.39 Å². The Kier molecular flexibility index (Phi) is 2.25. The first kappa shape index (κ1) is 9.45. The van der Waals surface area contributed by atoms with Crippen LogP contribution in [0.5, 0.6) is 0 Å². The summed E-state index contributed by atoms with van der Waals surface area (Å²) in [6.45, 7) is 0. The Morgan fingerprint density at radius 1 is 1.27 bits per heavy atom. The summed E-state index contributed by atoms with van der Waals surface area (Å²) in [5.41, 5.74) is 5.85.